The fourth-order valence-electron chi connectivity index (χ4n) is 1.36. The molecule has 6 heteroatoms. The minimum absolute atomic E-state index is 0.0363. The van der Waals surface area contributed by atoms with E-state index in [1.165, 1.54) is 0 Å². The van der Waals surface area contributed by atoms with E-state index in [2.05, 4.69) is 0 Å². The Morgan fingerprint density at radius 1 is 1.39 bits per heavy atom. The molecule has 1 aromatic carbocycles. The molecule has 0 aliphatic heterocycles. The van der Waals surface area contributed by atoms with Crippen molar-refractivity contribution in [3.63, 3.8) is 0 Å². The zero-order valence-electron chi connectivity index (χ0n) is 9.82. The number of hydrogen-bond donors (Lipinski definition) is 1. The van der Waals surface area contributed by atoms with Crippen LogP contribution in [0.4, 0.5) is 0 Å². The third-order valence-corrected chi connectivity index (χ3v) is 2.31. The number of nitrogens with zero attached hydrogens (tertiary/aromatic N) is 1. The van der Waals surface area contributed by atoms with Gasteiger partial charge in [-0.3, -0.25) is 10.1 Å². The van der Waals surface area contributed by atoms with E-state index in [0.29, 0.717) is 0 Å². The normalized spacial score (nSPS) is 11.8. The maximum Gasteiger partial charge on any atom is 0.335 e. The highest BCUT2D eigenvalue weighted by Gasteiger charge is 2.17. The molecule has 0 aromatic heterocycles. The lowest BCUT2D eigenvalue weighted by Gasteiger charge is -2.09. The third-order valence-electron chi connectivity index (χ3n) is 2.31. The number of ether oxygens (including phenoxy) is 1. The predicted molar refractivity (Wildman–Crippen MR) is 63.3 cm³/mol. The Morgan fingerprint density at radius 2 is 2.06 bits per heavy atom. The van der Waals surface area contributed by atoms with Gasteiger partial charge in [-0.2, -0.15) is 0 Å². The number of esters is 1. The van der Waals surface area contributed by atoms with Gasteiger partial charge in [0.1, 0.15) is 6.61 Å². The van der Waals surface area contributed by atoms with Gasteiger partial charge in [0, 0.05) is 11.3 Å². The van der Waals surface area contributed by atoms with Crippen LogP contribution in [0.25, 0.3) is 0 Å². The van der Waals surface area contributed by atoms with Gasteiger partial charge in [-0.25, -0.2) is 4.79 Å². The molecule has 0 bridgehead atoms. The van der Waals surface area contributed by atoms with E-state index in [4.69, 9.17) is 4.74 Å². The minimum Gasteiger partial charge on any atom is -0.459 e. The molecule has 0 saturated carbocycles. The molecule has 1 atom stereocenters. The maximum atomic E-state index is 11.3. The molecular weight excluding hydrogens is 238 g/mol. The number of rotatable bonds is 7. The molecule has 0 fully saturated rings. The molecule has 6 nitrogen and oxygen atoms in total. The van der Waals surface area contributed by atoms with E-state index in [-0.39, 0.29) is 26.0 Å². The Kier molecular flexibility index (Phi) is 5.79. The van der Waals surface area contributed by atoms with Gasteiger partial charge in [0.15, 0.2) is 6.10 Å². The Hall–Kier alpha value is -1.95. The van der Waals surface area contributed by atoms with Gasteiger partial charge >= 0.3 is 5.97 Å². The Labute approximate surface area is 104 Å². The van der Waals surface area contributed by atoms with Crippen LogP contribution in [0.1, 0.15) is 18.4 Å². The molecule has 0 amide bonds. The van der Waals surface area contributed by atoms with Crippen LogP contribution in [0.15, 0.2) is 30.3 Å². The summed E-state index contributed by atoms with van der Waals surface area (Å²) in [6, 6.07) is 9.07. The van der Waals surface area contributed by atoms with Crippen molar-refractivity contribution in [2.45, 2.75) is 25.6 Å². The topological polar surface area (TPSA) is 89.7 Å². The summed E-state index contributed by atoms with van der Waals surface area (Å²) in [6.45, 7) is -0.172. The molecule has 1 rings (SSSR count). The van der Waals surface area contributed by atoms with Gasteiger partial charge in [0.25, 0.3) is 0 Å². The minimum atomic E-state index is -1.30. The lowest BCUT2D eigenvalue weighted by Crippen LogP contribution is -2.23. The first-order chi connectivity index (χ1) is 8.59. The summed E-state index contributed by atoms with van der Waals surface area (Å²) in [5, 5.41) is 19.5. The number of nitro groups is 1. The molecule has 1 aromatic rings. The number of aliphatic hydroxyl groups excluding tert-OH is 1. The summed E-state index contributed by atoms with van der Waals surface area (Å²) in [4.78, 5) is 20.9. The number of hydrogen-bond acceptors (Lipinski definition) is 5. The van der Waals surface area contributed by atoms with Crippen molar-refractivity contribution in [3.8, 4) is 0 Å². The molecular formula is C12H15NO5. The fraction of sp³-hybridized carbons (Fsp3) is 0.417. The van der Waals surface area contributed by atoms with Crippen LogP contribution in [0.5, 0.6) is 0 Å². The van der Waals surface area contributed by atoms with Crippen LogP contribution in [-0.4, -0.2) is 28.6 Å². The van der Waals surface area contributed by atoms with Crippen LogP contribution >= 0.6 is 0 Å². The molecule has 1 N–H and O–H groups in total. The zero-order valence-corrected chi connectivity index (χ0v) is 9.82. The van der Waals surface area contributed by atoms with Crippen LogP contribution < -0.4 is 0 Å². The summed E-state index contributed by atoms with van der Waals surface area (Å²) in [5.74, 6) is -0.748. The SMILES string of the molecule is O=C(OCc1ccccc1)[C@H](O)CCC[N+](=O)[O-]. The molecule has 98 valence electrons. The van der Waals surface area contributed by atoms with Crippen LogP contribution in [0.2, 0.25) is 0 Å². The van der Waals surface area contributed by atoms with Gasteiger partial charge in [-0.1, -0.05) is 30.3 Å². The van der Waals surface area contributed by atoms with Gasteiger partial charge in [-0.05, 0) is 12.0 Å². The predicted octanol–water partition coefficient (Wildman–Crippen LogP) is 1.15. The van der Waals surface area contributed by atoms with Crippen molar-refractivity contribution in [3.05, 3.63) is 46.0 Å². The van der Waals surface area contributed by atoms with Gasteiger partial charge in [0.05, 0.1) is 0 Å². The summed E-state index contributed by atoms with van der Waals surface area (Å²) < 4.78 is 4.89. The smallest absolute Gasteiger partial charge is 0.335 e. The molecule has 0 heterocycles. The summed E-state index contributed by atoms with van der Waals surface area (Å²) in [6.07, 6.45) is -1.11. The second kappa shape index (κ2) is 7.39. The average Bonchev–Trinajstić information content (AvgIpc) is 2.36. The van der Waals surface area contributed by atoms with Crippen LogP contribution in [-0.2, 0) is 16.1 Å². The molecule has 0 radical (unpaired) electrons. The van der Waals surface area contributed by atoms with E-state index < -0.39 is 17.0 Å². The van der Waals surface area contributed by atoms with E-state index in [9.17, 15) is 20.0 Å². The largest absolute Gasteiger partial charge is 0.459 e. The van der Waals surface area contributed by atoms with Gasteiger partial charge < -0.3 is 9.84 Å². The lowest BCUT2D eigenvalue weighted by molar-refractivity contribution is -0.480. The molecule has 0 saturated heterocycles. The summed E-state index contributed by atoms with van der Waals surface area (Å²) in [5.41, 5.74) is 0.823. The second-order valence-electron chi connectivity index (χ2n) is 3.81. The highest BCUT2D eigenvalue weighted by atomic mass is 16.6. The second-order valence-corrected chi connectivity index (χ2v) is 3.81. The van der Waals surface area contributed by atoms with Gasteiger partial charge in [-0.15, -0.1) is 0 Å². The summed E-state index contributed by atoms with van der Waals surface area (Å²) >= 11 is 0. The first kappa shape index (κ1) is 14.1. The van der Waals surface area contributed by atoms with Crippen molar-refractivity contribution in [1.82, 2.24) is 0 Å². The quantitative estimate of drug-likeness (QED) is 0.447. The zero-order chi connectivity index (χ0) is 13.4. The molecule has 0 spiro atoms. The van der Waals surface area contributed by atoms with Crippen LogP contribution in [0.3, 0.4) is 0 Å². The Bertz CT molecular complexity index is 393. The number of benzene rings is 1. The molecule has 0 aliphatic rings. The van der Waals surface area contributed by atoms with Crippen molar-refractivity contribution in [1.29, 1.82) is 0 Å². The highest BCUT2D eigenvalue weighted by Crippen LogP contribution is 2.04. The van der Waals surface area contributed by atoms with Crippen molar-refractivity contribution >= 4 is 5.97 Å². The van der Waals surface area contributed by atoms with E-state index in [0.717, 1.165) is 5.56 Å². The number of aliphatic hydroxyl groups is 1. The number of carbonyl (C=O) groups is 1. The fourth-order valence-corrected chi connectivity index (χ4v) is 1.36. The lowest BCUT2D eigenvalue weighted by atomic mass is 10.2. The maximum absolute atomic E-state index is 11.3. The van der Waals surface area contributed by atoms with Crippen molar-refractivity contribution in [2.24, 2.45) is 0 Å². The van der Waals surface area contributed by atoms with E-state index >= 15 is 0 Å². The van der Waals surface area contributed by atoms with Gasteiger partial charge in [0.2, 0.25) is 6.54 Å². The highest BCUT2D eigenvalue weighted by molar-refractivity contribution is 5.74. The monoisotopic (exact) mass is 253 g/mol. The summed E-state index contributed by atoms with van der Waals surface area (Å²) in [7, 11) is 0. The van der Waals surface area contributed by atoms with E-state index in [1.54, 1.807) is 12.1 Å². The molecule has 18 heavy (non-hydrogen) atoms. The first-order valence-electron chi connectivity index (χ1n) is 5.60. The first-order valence-corrected chi connectivity index (χ1v) is 5.60. The van der Waals surface area contributed by atoms with Crippen molar-refractivity contribution in [2.75, 3.05) is 6.54 Å². The standard InChI is InChI=1S/C12H15NO5/c14-11(7-4-8-13(16)17)12(15)18-9-10-5-2-1-3-6-10/h1-3,5-6,11,14H,4,7-9H2/t11-/m1/s1. The third kappa shape index (κ3) is 5.40. The average molecular weight is 253 g/mol. The molecule has 0 unspecified atom stereocenters. The Balaban J connectivity index is 2.25. The van der Waals surface area contributed by atoms with Crippen molar-refractivity contribution < 1.29 is 19.6 Å². The van der Waals surface area contributed by atoms with Crippen LogP contribution in [0, 0.1) is 10.1 Å². The Morgan fingerprint density at radius 3 is 2.67 bits per heavy atom. The van der Waals surface area contributed by atoms with E-state index in [1.807, 2.05) is 18.2 Å². The molecule has 0 aliphatic carbocycles. The number of carbonyl (C=O) groups excluding carboxylic acids is 1.